The van der Waals surface area contributed by atoms with Crippen LogP contribution in [-0.4, -0.2) is 26.7 Å². The SMILES string of the molecule is CNC1CCC(C)(C)CC1CN(C)c1ccccc1C. The first-order chi connectivity index (χ1) is 9.43. The highest BCUT2D eigenvalue weighted by atomic mass is 15.1. The number of anilines is 1. The zero-order chi connectivity index (χ0) is 14.8. The number of benzene rings is 1. The van der Waals surface area contributed by atoms with Crippen LogP contribution in [0.25, 0.3) is 0 Å². The van der Waals surface area contributed by atoms with E-state index in [4.69, 9.17) is 0 Å². The van der Waals surface area contributed by atoms with Crippen LogP contribution in [0.2, 0.25) is 0 Å². The van der Waals surface area contributed by atoms with Crippen LogP contribution in [0.15, 0.2) is 24.3 Å². The lowest BCUT2D eigenvalue weighted by atomic mass is 9.69. The molecule has 1 fully saturated rings. The standard InChI is InChI=1S/C18H30N2/c1-14-8-6-7-9-17(14)20(5)13-15-12-18(2,3)11-10-16(15)19-4/h6-9,15-16,19H,10-13H2,1-5H3. The molecule has 2 heteroatoms. The lowest BCUT2D eigenvalue weighted by Crippen LogP contribution is -2.46. The lowest BCUT2D eigenvalue weighted by molar-refractivity contribution is 0.146. The summed E-state index contributed by atoms with van der Waals surface area (Å²) in [7, 11) is 4.35. The summed E-state index contributed by atoms with van der Waals surface area (Å²) in [6.45, 7) is 8.17. The molecule has 112 valence electrons. The van der Waals surface area contributed by atoms with Gasteiger partial charge in [0.2, 0.25) is 0 Å². The molecule has 0 spiro atoms. The normalized spacial score (nSPS) is 25.4. The first kappa shape index (κ1) is 15.4. The van der Waals surface area contributed by atoms with E-state index in [0.717, 1.165) is 12.5 Å². The number of aryl methyl sites for hydroxylation is 1. The molecule has 0 bridgehead atoms. The molecule has 1 aliphatic carbocycles. The second kappa shape index (κ2) is 6.17. The van der Waals surface area contributed by atoms with Crippen molar-refractivity contribution < 1.29 is 0 Å². The minimum absolute atomic E-state index is 0.491. The van der Waals surface area contributed by atoms with E-state index in [1.54, 1.807) is 0 Å². The predicted molar refractivity (Wildman–Crippen MR) is 88.4 cm³/mol. The van der Waals surface area contributed by atoms with Gasteiger partial charge in [-0.25, -0.2) is 0 Å². The molecule has 1 aromatic rings. The fourth-order valence-electron chi connectivity index (χ4n) is 3.75. The third kappa shape index (κ3) is 3.54. The van der Waals surface area contributed by atoms with Crippen molar-refractivity contribution in [3.05, 3.63) is 29.8 Å². The van der Waals surface area contributed by atoms with Crippen LogP contribution in [0.4, 0.5) is 5.69 Å². The van der Waals surface area contributed by atoms with Gasteiger partial charge in [0.15, 0.2) is 0 Å². The number of hydrogen-bond donors (Lipinski definition) is 1. The van der Waals surface area contributed by atoms with Crippen LogP contribution in [0.5, 0.6) is 0 Å². The minimum atomic E-state index is 0.491. The molecule has 0 amide bonds. The van der Waals surface area contributed by atoms with Crippen molar-refractivity contribution in [1.29, 1.82) is 0 Å². The van der Waals surface area contributed by atoms with E-state index < -0.39 is 0 Å². The van der Waals surface area contributed by atoms with Crippen molar-refractivity contribution in [2.75, 3.05) is 25.5 Å². The molecule has 2 unspecified atom stereocenters. The molecule has 1 aliphatic rings. The van der Waals surface area contributed by atoms with Crippen molar-refractivity contribution in [3.8, 4) is 0 Å². The van der Waals surface area contributed by atoms with E-state index in [2.05, 4.69) is 69.3 Å². The molecule has 2 atom stereocenters. The summed E-state index contributed by atoms with van der Waals surface area (Å²) >= 11 is 0. The van der Waals surface area contributed by atoms with Gasteiger partial charge in [-0.1, -0.05) is 32.0 Å². The van der Waals surface area contributed by atoms with E-state index in [-0.39, 0.29) is 0 Å². The van der Waals surface area contributed by atoms with Gasteiger partial charge in [0, 0.05) is 25.3 Å². The Kier molecular flexibility index (Phi) is 4.74. The fourth-order valence-corrected chi connectivity index (χ4v) is 3.75. The molecule has 1 saturated carbocycles. The number of hydrogen-bond acceptors (Lipinski definition) is 2. The molecule has 0 saturated heterocycles. The molecule has 20 heavy (non-hydrogen) atoms. The van der Waals surface area contributed by atoms with Crippen molar-refractivity contribution in [3.63, 3.8) is 0 Å². The molecule has 1 aromatic carbocycles. The quantitative estimate of drug-likeness (QED) is 0.897. The summed E-state index contributed by atoms with van der Waals surface area (Å²) in [5, 5.41) is 3.54. The average Bonchev–Trinajstić information content (AvgIpc) is 2.38. The Hall–Kier alpha value is -1.02. The third-order valence-corrected chi connectivity index (χ3v) is 4.92. The molecule has 2 rings (SSSR count). The van der Waals surface area contributed by atoms with Gasteiger partial charge in [0.1, 0.15) is 0 Å². The van der Waals surface area contributed by atoms with Gasteiger partial charge in [-0.05, 0) is 56.2 Å². The van der Waals surface area contributed by atoms with E-state index >= 15 is 0 Å². The average molecular weight is 274 g/mol. The predicted octanol–water partition coefficient (Wildman–Crippen LogP) is 3.85. The molecule has 0 heterocycles. The third-order valence-electron chi connectivity index (χ3n) is 4.92. The maximum atomic E-state index is 3.54. The van der Waals surface area contributed by atoms with Gasteiger partial charge in [0.05, 0.1) is 0 Å². The van der Waals surface area contributed by atoms with Gasteiger partial charge in [-0.15, -0.1) is 0 Å². The largest absolute Gasteiger partial charge is 0.374 e. The maximum absolute atomic E-state index is 3.54. The number of nitrogens with zero attached hydrogens (tertiary/aromatic N) is 1. The molecular weight excluding hydrogens is 244 g/mol. The molecule has 0 aromatic heterocycles. The van der Waals surface area contributed by atoms with Crippen LogP contribution in [0, 0.1) is 18.3 Å². The monoisotopic (exact) mass is 274 g/mol. The molecular formula is C18H30N2. The first-order valence-electron chi connectivity index (χ1n) is 7.87. The Morgan fingerprint density at radius 1 is 1.30 bits per heavy atom. The van der Waals surface area contributed by atoms with Crippen LogP contribution in [0.3, 0.4) is 0 Å². The van der Waals surface area contributed by atoms with Gasteiger partial charge in [-0.3, -0.25) is 0 Å². The Morgan fingerprint density at radius 2 is 2.00 bits per heavy atom. The minimum Gasteiger partial charge on any atom is -0.374 e. The van der Waals surface area contributed by atoms with Crippen LogP contribution in [0.1, 0.15) is 38.7 Å². The summed E-state index contributed by atoms with van der Waals surface area (Å²) in [4.78, 5) is 2.44. The Morgan fingerprint density at radius 3 is 2.65 bits per heavy atom. The van der Waals surface area contributed by atoms with E-state index in [1.165, 1.54) is 30.5 Å². The summed E-state index contributed by atoms with van der Waals surface area (Å²) in [5.74, 6) is 0.730. The Balaban J connectivity index is 2.08. The summed E-state index contributed by atoms with van der Waals surface area (Å²) in [6, 6.07) is 9.35. The fraction of sp³-hybridized carbons (Fsp3) is 0.667. The van der Waals surface area contributed by atoms with Crippen LogP contribution < -0.4 is 10.2 Å². The van der Waals surface area contributed by atoms with Gasteiger partial charge >= 0.3 is 0 Å². The maximum Gasteiger partial charge on any atom is 0.0393 e. The number of para-hydroxylation sites is 1. The van der Waals surface area contributed by atoms with Crippen LogP contribution >= 0.6 is 0 Å². The second-order valence-corrected chi connectivity index (χ2v) is 7.23. The zero-order valence-corrected chi connectivity index (χ0v) is 13.7. The smallest absolute Gasteiger partial charge is 0.0393 e. The highest BCUT2D eigenvalue weighted by molar-refractivity contribution is 5.52. The van der Waals surface area contributed by atoms with E-state index in [9.17, 15) is 0 Å². The molecule has 0 aliphatic heterocycles. The summed E-state index contributed by atoms with van der Waals surface area (Å²) < 4.78 is 0. The van der Waals surface area contributed by atoms with Crippen LogP contribution in [-0.2, 0) is 0 Å². The number of nitrogens with one attached hydrogen (secondary N) is 1. The topological polar surface area (TPSA) is 15.3 Å². The van der Waals surface area contributed by atoms with E-state index in [0.29, 0.717) is 11.5 Å². The number of rotatable bonds is 4. The molecule has 1 N–H and O–H groups in total. The van der Waals surface area contributed by atoms with Gasteiger partial charge in [-0.2, -0.15) is 0 Å². The van der Waals surface area contributed by atoms with Crippen molar-refractivity contribution in [2.45, 2.75) is 46.1 Å². The molecule has 2 nitrogen and oxygen atoms in total. The van der Waals surface area contributed by atoms with E-state index in [1.807, 2.05) is 0 Å². The highest BCUT2D eigenvalue weighted by Gasteiger charge is 2.34. The summed E-state index contributed by atoms with van der Waals surface area (Å²) in [5.41, 5.74) is 3.22. The first-order valence-corrected chi connectivity index (χ1v) is 7.87. The highest BCUT2D eigenvalue weighted by Crippen LogP contribution is 2.39. The Bertz CT molecular complexity index is 439. The zero-order valence-electron chi connectivity index (χ0n) is 13.7. The van der Waals surface area contributed by atoms with Gasteiger partial charge < -0.3 is 10.2 Å². The summed E-state index contributed by atoms with van der Waals surface area (Å²) in [6.07, 6.45) is 3.95. The van der Waals surface area contributed by atoms with Crippen molar-refractivity contribution in [1.82, 2.24) is 5.32 Å². The van der Waals surface area contributed by atoms with Gasteiger partial charge in [0.25, 0.3) is 0 Å². The van der Waals surface area contributed by atoms with Crippen molar-refractivity contribution >= 4 is 5.69 Å². The molecule has 0 radical (unpaired) electrons. The second-order valence-electron chi connectivity index (χ2n) is 7.23. The lowest BCUT2D eigenvalue weighted by Gasteiger charge is -2.42. The van der Waals surface area contributed by atoms with Crippen molar-refractivity contribution in [2.24, 2.45) is 11.3 Å². The Labute approximate surface area is 124 Å².